The van der Waals surface area contributed by atoms with Crippen LogP contribution in [-0.4, -0.2) is 54.1 Å². The topological polar surface area (TPSA) is 45.2 Å². The lowest BCUT2D eigenvalue weighted by molar-refractivity contribution is 0.651. The Morgan fingerprint density at radius 3 is 2.33 bits per heavy atom. The van der Waals surface area contributed by atoms with Crippen molar-refractivity contribution in [2.75, 3.05) is 43.0 Å². The van der Waals surface area contributed by atoms with E-state index in [0.717, 1.165) is 12.2 Å². The van der Waals surface area contributed by atoms with Gasteiger partial charge in [-0.15, -0.1) is 0 Å². The summed E-state index contributed by atoms with van der Waals surface area (Å²) in [4.78, 5) is 16.5. The van der Waals surface area contributed by atoms with Crippen LogP contribution in [0.5, 0.6) is 0 Å². The predicted octanol–water partition coefficient (Wildman–Crippen LogP) is 2.17. The fraction of sp³-hybridized carbons (Fsp3) is 0.727. The van der Waals surface area contributed by atoms with Crippen molar-refractivity contribution in [3.8, 4) is 0 Å². The summed E-state index contributed by atoms with van der Waals surface area (Å²) >= 11 is 7.77. The van der Waals surface area contributed by atoms with Crippen LogP contribution in [0.4, 0.5) is 11.9 Å². The molecule has 0 radical (unpaired) electrons. The first-order chi connectivity index (χ1) is 8.45. The zero-order chi connectivity index (χ0) is 13.7. The molecule has 0 saturated carbocycles. The number of rotatable bonds is 6. The highest BCUT2D eigenvalue weighted by molar-refractivity contribution is 7.98. The maximum absolute atomic E-state index is 5.93. The summed E-state index contributed by atoms with van der Waals surface area (Å²) in [7, 11) is 5.75. The SMILES string of the molecule is CSCCC(C)N(C)c1nc(Cl)nc(N(C)C)n1. The van der Waals surface area contributed by atoms with Gasteiger partial charge in [0.2, 0.25) is 17.2 Å². The van der Waals surface area contributed by atoms with Gasteiger partial charge in [-0.3, -0.25) is 0 Å². The highest BCUT2D eigenvalue weighted by Crippen LogP contribution is 2.17. The number of nitrogens with zero attached hydrogens (tertiary/aromatic N) is 5. The van der Waals surface area contributed by atoms with Gasteiger partial charge in [0.05, 0.1) is 0 Å². The first kappa shape index (κ1) is 15.3. The van der Waals surface area contributed by atoms with Crippen LogP contribution in [0.3, 0.4) is 0 Å². The van der Waals surface area contributed by atoms with Crippen molar-refractivity contribution in [3.63, 3.8) is 0 Å². The predicted molar refractivity (Wildman–Crippen MR) is 80.0 cm³/mol. The number of hydrogen-bond donors (Lipinski definition) is 0. The van der Waals surface area contributed by atoms with Gasteiger partial charge in [-0.1, -0.05) is 0 Å². The molecule has 1 rings (SSSR count). The van der Waals surface area contributed by atoms with Crippen molar-refractivity contribution >= 4 is 35.3 Å². The van der Waals surface area contributed by atoms with Crippen molar-refractivity contribution in [1.82, 2.24) is 15.0 Å². The van der Waals surface area contributed by atoms with Crippen molar-refractivity contribution < 1.29 is 0 Å². The van der Waals surface area contributed by atoms with E-state index in [1.807, 2.05) is 42.7 Å². The Hall–Kier alpha value is -0.750. The summed E-state index contributed by atoms with van der Waals surface area (Å²) in [6.45, 7) is 2.16. The number of anilines is 2. The fourth-order valence-electron chi connectivity index (χ4n) is 1.37. The third kappa shape index (κ3) is 4.17. The normalized spacial score (nSPS) is 12.3. The molecule has 0 aliphatic heterocycles. The summed E-state index contributed by atoms with van der Waals surface area (Å²) in [5, 5.41) is 0.229. The Morgan fingerprint density at radius 1 is 1.17 bits per heavy atom. The molecule has 0 aliphatic rings. The lowest BCUT2D eigenvalue weighted by atomic mass is 10.2. The smallest absolute Gasteiger partial charge is 0.231 e. The van der Waals surface area contributed by atoms with Crippen LogP contribution in [-0.2, 0) is 0 Å². The molecule has 0 aromatic carbocycles. The molecule has 7 heteroatoms. The molecule has 1 aromatic rings. The van der Waals surface area contributed by atoms with Gasteiger partial charge in [-0.2, -0.15) is 26.7 Å². The van der Waals surface area contributed by atoms with E-state index in [-0.39, 0.29) is 5.28 Å². The second-order valence-electron chi connectivity index (χ2n) is 4.34. The molecule has 0 spiro atoms. The zero-order valence-corrected chi connectivity index (χ0v) is 13.1. The van der Waals surface area contributed by atoms with Crippen molar-refractivity contribution in [1.29, 1.82) is 0 Å². The molecule has 0 aliphatic carbocycles. The average Bonchev–Trinajstić information content (AvgIpc) is 2.34. The van der Waals surface area contributed by atoms with Crippen molar-refractivity contribution in [2.45, 2.75) is 19.4 Å². The number of hydrogen-bond acceptors (Lipinski definition) is 6. The van der Waals surface area contributed by atoms with E-state index in [0.29, 0.717) is 17.9 Å². The highest BCUT2D eigenvalue weighted by Gasteiger charge is 2.15. The second kappa shape index (κ2) is 6.99. The number of thioether (sulfide) groups is 1. The molecule has 18 heavy (non-hydrogen) atoms. The van der Waals surface area contributed by atoms with Gasteiger partial charge >= 0.3 is 0 Å². The third-order valence-electron chi connectivity index (χ3n) is 2.70. The molecule has 0 saturated heterocycles. The van der Waals surface area contributed by atoms with Gasteiger partial charge in [-0.05, 0) is 37.0 Å². The quantitative estimate of drug-likeness (QED) is 0.800. The summed E-state index contributed by atoms with van der Waals surface area (Å²) in [6.07, 6.45) is 3.19. The van der Waals surface area contributed by atoms with E-state index in [1.54, 1.807) is 0 Å². The maximum Gasteiger partial charge on any atom is 0.231 e. The Balaban J connectivity index is 2.87. The van der Waals surface area contributed by atoms with Crippen LogP contribution in [0.25, 0.3) is 0 Å². The Bertz CT molecular complexity index is 388. The number of halogens is 1. The monoisotopic (exact) mass is 289 g/mol. The van der Waals surface area contributed by atoms with Gasteiger partial charge < -0.3 is 9.80 Å². The second-order valence-corrected chi connectivity index (χ2v) is 5.66. The van der Waals surface area contributed by atoms with Gasteiger partial charge in [0.1, 0.15) is 0 Å². The first-order valence-electron chi connectivity index (χ1n) is 5.76. The minimum Gasteiger partial charge on any atom is -0.347 e. The van der Waals surface area contributed by atoms with Crippen LogP contribution < -0.4 is 9.80 Å². The first-order valence-corrected chi connectivity index (χ1v) is 7.53. The van der Waals surface area contributed by atoms with E-state index in [1.165, 1.54) is 0 Å². The van der Waals surface area contributed by atoms with Crippen LogP contribution in [0.2, 0.25) is 5.28 Å². The molecule has 1 atom stereocenters. The molecule has 0 fully saturated rings. The molecular formula is C11H20ClN5S. The molecule has 1 unspecified atom stereocenters. The van der Waals surface area contributed by atoms with Gasteiger partial charge in [0.15, 0.2) is 0 Å². The Morgan fingerprint density at radius 2 is 1.78 bits per heavy atom. The minimum absolute atomic E-state index is 0.229. The molecule has 0 N–H and O–H groups in total. The molecule has 1 heterocycles. The van der Waals surface area contributed by atoms with E-state index >= 15 is 0 Å². The van der Waals surface area contributed by atoms with Crippen LogP contribution in [0, 0.1) is 0 Å². The minimum atomic E-state index is 0.229. The summed E-state index contributed by atoms with van der Waals surface area (Å²) < 4.78 is 0. The summed E-state index contributed by atoms with van der Waals surface area (Å²) in [5.74, 6) is 2.31. The van der Waals surface area contributed by atoms with E-state index < -0.39 is 0 Å². The van der Waals surface area contributed by atoms with E-state index in [2.05, 4.69) is 28.1 Å². The maximum atomic E-state index is 5.93. The third-order valence-corrected chi connectivity index (χ3v) is 3.51. The Labute approximate surface area is 118 Å². The molecular weight excluding hydrogens is 270 g/mol. The standard InChI is InChI=1S/C11H20ClN5S/c1-8(6-7-18-5)17(4)11-14-9(12)13-10(15-11)16(2)3/h8H,6-7H2,1-5H3. The molecule has 1 aromatic heterocycles. The van der Waals surface area contributed by atoms with Crippen LogP contribution in [0.15, 0.2) is 0 Å². The van der Waals surface area contributed by atoms with Crippen molar-refractivity contribution in [3.05, 3.63) is 5.28 Å². The van der Waals surface area contributed by atoms with E-state index in [9.17, 15) is 0 Å². The molecule has 102 valence electrons. The van der Waals surface area contributed by atoms with Gasteiger partial charge in [0.25, 0.3) is 0 Å². The van der Waals surface area contributed by atoms with Gasteiger partial charge in [0, 0.05) is 27.2 Å². The summed E-state index contributed by atoms with van der Waals surface area (Å²) in [6, 6.07) is 0.367. The van der Waals surface area contributed by atoms with Crippen molar-refractivity contribution in [2.24, 2.45) is 0 Å². The molecule has 0 amide bonds. The molecule has 0 bridgehead atoms. The molecule has 5 nitrogen and oxygen atoms in total. The van der Waals surface area contributed by atoms with Crippen LogP contribution in [0.1, 0.15) is 13.3 Å². The average molecular weight is 290 g/mol. The van der Waals surface area contributed by atoms with Crippen LogP contribution >= 0.6 is 23.4 Å². The largest absolute Gasteiger partial charge is 0.347 e. The highest BCUT2D eigenvalue weighted by atomic mass is 35.5. The fourth-order valence-corrected chi connectivity index (χ4v) is 2.09. The van der Waals surface area contributed by atoms with E-state index in [4.69, 9.17) is 11.6 Å². The Kier molecular flexibility index (Phi) is 5.95. The summed E-state index contributed by atoms with van der Waals surface area (Å²) in [5.41, 5.74) is 0. The lowest BCUT2D eigenvalue weighted by Crippen LogP contribution is -2.31. The lowest BCUT2D eigenvalue weighted by Gasteiger charge is -2.25. The zero-order valence-electron chi connectivity index (χ0n) is 11.5. The number of aromatic nitrogens is 3. The van der Waals surface area contributed by atoms with Gasteiger partial charge in [-0.25, -0.2) is 0 Å².